The molecule has 0 aliphatic rings. The van der Waals surface area contributed by atoms with Crippen molar-refractivity contribution in [2.24, 2.45) is 0 Å². The highest BCUT2D eigenvalue weighted by molar-refractivity contribution is 7.92. The number of anilines is 1. The molecule has 0 saturated carbocycles. The van der Waals surface area contributed by atoms with Crippen molar-refractivity contribution in [3.63, 3.8) is 0 Å². The summed E-state index contributed by atoms with van der Waals surface area (Å²) < 4.78 is 71.9. The van der Waals surface area contributed by atoms with Gasteiger partial charge in [0.1, 0.15) is 22.9 Å². The molecular weight excluding hydrogens is 461 g/mol. The highest BCUT2D eigenvalue weighted by atomic mass is 32.2. The van der Waals surface area contributed by atoms with Gasteiger partial charge >= 0.3 is 0 Å². The molecular formula is C20H15F3N6O3S. The van der Waals surface area contributed by atoms with E-state index in [9.17, 15) is 22.0 Å². The predicted molar refractivity (Wildman–Crippen MR) is 111 cm³/mol. The van der Waals surface area contributed by atoms with E-state index < -0.39 is 49.5 Å². The second kappa shape index (κ2) is 8.16. The molecule has 0 radical (unpaired) electrons. The lowest BCUT2D eigenvalue weighted by atomic mass is 10.1. The fourth-order valence-corrected chi connectivity index (χ4v) is 4.41. The minimum Gasteiger partial charge on any atom is -0.354 e. The molecule has 0 aliphatic heterocycles. The zero-order chi connectivity index (χ0) is 23.9. The summed E-state index contributed by atoms with van der Waals surface area (Å²) in [6.45, 7) is 1.35. The predicted octanol–water partition coefficient (Wildman–Crippen LogP) is 2.68. The molecule has 13 heteroatoms. The number of carbonyl (C=O) groups excluding carboxylic acids is 1. The largest absolute Gasteiger partial charge is 0.354 e. The number of imidazole rings is 1. The number of hydrogen-bond acceptors (Lipinski definition) is 6. The number of rotatable bonds is 5. The summed E-state index contributed by atoms with van der Waals surface area (Å²) in [4.78, 5) is 18.9. The molecule has 2 N–H and O–H groups in total. The number of carbonyl (C=O) groups is 1. The monoisotopic (exact) mass is 476 g/mol. The second-order valence-electron chi connectivity index (χ2n) is 6.85. The lowest BCUT2D eigenvalue weighted by Gasteiger charge is -2.13. The Hall–Kier alpha value is -4.00. The standard InChI is InChI=1S/C20H15F3N6O3S/c1-10-16(7-11(21)8-25-10)33(31,32)28-14-4-3-12(22)17(18(14)23)13-5-6-15-19(20(30)24-2)26-9-29(15)27-13/h3-9,28H,1-2H3,(H,24,30). The summed E-state index contributed by atoms with van der Waals surface area (Å²) in [7, 11) is -3.01. The molecule has 33 heavy (non-hydrogen) atoms. The van der Waals surface area contributed by atoms with Crippen LogP contribution in [0, 0.1) is 24.4 Å². The summed E-state index contributed by atoms with van der Waals surface area (Å²) in [6, 6.07) is 5.17. The van der Waals surface area contributed by atoms with E-state index in [1.807, 2.05) is 4.72 Å². The van der Waals surface area contributed by atoms with Gasteiger partial charge in [0.25, 0.3) is 15.9 Å². The summed E-state index contributed by atoms with van der Waals surface area (Å²) in [6.07, 6.45) is 2.05. The van der Waals surface area contributed by atoms with Crippen molar-refractivity contribution in [3.05, 3.63) is 71.7 Å². The van der Waals surface area contributed by atoms with Crippen LogP contribution in [0.1, 0.15) is 16.2 Å². The highest BCUT2D eigenvalue weighted by Gasteiger charge is 2.24. The number of fused-ring (bicyclic) bond motifs is 1. The summed E-state index contributed by atoms with van der Waals surface area (Å²) in [5.74, 6) is -3.60. The molecule has 9 nitrogen and oxygen atoms in total. The van der Waals surface area contributed by atoms with Crippen LogP contribution < -0.4 is 10.0 Å². The molecule has 1 aromatic carbocycles. The van der Waals surface area contributed by atoms with Crippen LogP contribution >= 0.6 is 0 Å². The highest BCUT2D eigenvalue weighted by Crippen LogP contribution is 2.31. The number of nitrogens with zero attached hydrogens (tertiary/aromatic N) is 4. The van der Waals surface area contributed by atoms with Gasteiger partial charge in [-0.25, -0.2) is 31.1 Å². The smallest absolute Gasteiger partial charge is 0.271 e. The quantitative estimate of drug-likeness (QED) is 0.457. The van der Waals surface area contributed by atoms with Crippen molar-refractivity contribution in [2.75, 3.05) is 11.8 Å². The Morgan fingerprint density at radius 3 is 2.58 bits per heavy atom. The first-order chi connectivity index (χ1) is 15.6. The Balaban J connectivity index is 1.78. The number of sulfonamides is 1. The van der Waals surface area contributed by atoms with Crippen LogP contribution in [0.5, 0.6) is 0 Å². The Bertz CT molecular complexity index is 1520. The Labute approximate surface area is 185 Å². The molecule has 4 aromatic rings. The number of aryl methyl sites for hydroxylation is 1. The van der Waals surface area contributed by atoms with Crippen molar-refractivity contribution in [3.8, 4) is 11.3 Å². The van der Waals surface area contributed by atoms with Crippen LogP contribution in [0.25, 0.3) is 16.8 Å². The van der Waals surface area contributed by atoms with Gasteiger partial charge < -0.3 is 5.32 Å². The number of nitrogens with one attached hydrogen (secondary N) is 2. The molecule has 1 amide bonds. The molecule has 0 saturated heterocycles. The molecule has 0 bridgehead atoms. The fourth-order valence-electron chi connectivity index (χ4n) is 3.15. The maximum atomic E-state index is 15.2. The van der Waals surface area contributed by atoms with Gasteiger partial charge in [-0.1, -0.05) is 0 Å². The maximum absolute atomic E-state index is 15.2. The van der Waals surface area contributed by atoms with Gasteiger partial charge in [0.15, 0.2) is 11.5 Å². The third kappa shape index (κ3) is 3.98. The normalized spacial score (nSPS) is 11.5. The molecule has 0 fully saturated rings. The van der Waals surface area contributed by atoms with Crippen molar-refractivity contribution in [1.29, 1.82) is 0 Å². The topological polar surface area (TPSA) is 118 Å². The summed E-state index contributed by atoms with van der Waals surface area (Å²) in [5.41, 5.74) is -1.01. The van der Waals surface area contributed by atoms with Gasteiger partial charge in [0, 0.05) is 7.05 Å². The molecule has 4 rings (SSSR count). The Kier molecular flexibility index (Phi) is 5.49. The van der Waals surface area contributed by atoms with Gasteiger partial charge in [-0.05, 0) is 37.3 Å². The van der Waals surface area contributed by atoms with Crippen molar-refractivity contribution >= 4 is 27.1 Å². The third-order valence-corrected chi connectivity index (χ3v) is 6.21. The molecule has 3 heterocycles. The first-order valence-corrected chi connectivity index (χ1v) is 10.8. The minimum absolute atomic E-state index is 0.00853. The van der Waals surface area contributed by atoms with Crippen LogP contribution in [0.4, 0.5) is 18.9 Å². The van der Waals surface area contributed by atoms with E-state index in [0.717, 1.165) is 28.9 Å². The number of hydrogen-bond donors (Lipinski definition) is 2. The maximum Gasteiger partial charge on any atom is 0.271 e. The van der Waals surface area contributed by atoms with E-state index in [2.05, 4.69) is 20.4 Å². The van der Waals surface area contributed by atoms with E-state index >= 15 is 4.39 Å². The van der Waals surface area contributed by atoms with Gasteiger partial charge in [0.2, 0.25) is 0 Å². The molecule has 0 aliphatic carbocycles. The lowest BCUT2D eigenvalue weighted by molar-refractivity contribution is 0.0960. The van der Waals surface area contributed by atoms with Gasteiger partial charge in [-0.2, -0.15) is 5.10 Å². The zero-order valence-electron chi connectivity index (χ0n) is 17.1. The summed E-state index contributed by atoms with van der Waals surface area (Å²) >= 11 is 0. The molecule has 0 atom stereocenters. The van der Waals surface area contributed by atoms with Crippen LogP contribution in [0.2, 0.25) is 0 Å². The number of aromatic nitrogens is 4. The molecule has 0 unspecified atom stereocenters. The first kappa shape index (κ1) is 22.2. The van der Waals surface area contributed by atoms with Crippen molar-refractivity contribution in [1.82, 2.24) is 24.9 Å². The van der Waals surface area contributed by atoms with Crippen LogP contribution in [0.15, 0.2) is 47.8 Å². The Morgan fingerprint density at radius 1 is 1.09 bits per heavy atom. The third-order valence-electron chi connectivity index (χ3n) is 4.73. The summed E-state index contributed by atoms with van der Waals surface area (Å²) in [5, 5.41) is 6.50. The van der Waals surface area contributed by atoms with Crippen molar-refractivity contribution in [2.45, 2.75) is 11.8 Å². The average Bonchev–Trinajstić information content (AvgIpc) is 3.20. The number of halogens is 3. The second-order valence-corrected chi connectivity index (χ2v) is 8.50. The zero-order valence-corrected chi connectivity index (χ0v) is 17.9. The van der Waals surface area contributed by atoms with Crippen molar-refractivity contribution < 1.29 is 26.4 Å². The van der Waals surface area contributed by atoms with Gasteiger partial charge in [-0.15, -0.1) is 0 Å². The lowest BCUT2D eigenvalue weighted by Crippen LogP contribution is -2.18. The molecule has 0 spiro atoms. The van der Waals surface area contributed by atoms with E-state index in [1.165, 1.54) is 32.4 Å². The SMILES string of the molecule is CNC(=O)c1ncn2nc(-c3c(F)ccc(NS(=O)(=O)c4cc(F)cnc4C)c3F)ccc12. The molecule has 3 aromatic heterocycles. The Morgan fingerprint density at radius 2 is 1.85 bits per heavy atom. The van der Waals surface area contributed by atoms with E-state index in [4.69, 9.17) is 0 Å². The van der Waals surface area contributed by atoms with Crippen LogP contribution in [0.3, 0.4) is 0 Å². The van der Waals surface area contributed by atoms with Gasteiger partial charge in [0.05, 0.1) is 34.4 Å². The average molecular weight is 476 g/mol. The molecule has 170 valence electrons. The van der Waals surface area contributed by atoms with Gasteiger partial charge in [-0.3, -0.25) is 14.5 Å². The number of benzene rings is 1. The van der Waals surface area contributed by atoms with E-state index in [1.54, 1.807) is 0 Å². The van der Waals surface area contributed by atoms with E-state index in [0.29, 0.717) is 5.52 Å². The minimum atomic E-state index is -4.44. The van der Waals surface area contributed by atoms with E-state index in [-0.39, 0.29) is 17.1 Å². The number of amides is 1. The first-order valence-electron chi connectivity index (χ1n) is 9.32. The van der Waals surface area contributed by atoms with Crippen LogP contribution in [-0.4, -0.2) is 41.0 Å². The number of pyridine rings is 1. The fraction of sp³-hybridized carbons (Fsp3) is 0.100. The van der Waals surface area contributed by atoms with Crippen LogP contribution in [-0.2, 0) is 10.0 Å².